The van der Waals surface area contributed by atoms with Crippen molar-refractivity contribution >= 4 is 40.7 Å². The first-order chi connectivity index (χ1) is 11.0. The van der Waals surface area contributed by atoms with Crippen LogP contribution in [-0.2, 0) is 16.1 Å². The maximum absolute atomic E-state index is 13.4. The lowest BCUT2D eigenvalue weighted by atomic mass is 10.2. The van der Waals surface area contributed by atoms with Crippen molar-refractivity contribution in [1.29, 1.82) is 0 Å². The molecule has 0 fully saturated rings. The number of benzene rings is 2. The van der Waals surface area contributed by atoms with Crippen LogP contribution in [0.25, 0.3) is 0 Å². The first-order valence-corrected chi connectivity index (χ1v) is 7.46. The zero-order valence-electron chi connectivity index (χ0n) is 11.9. The molecule has 0 saturated heterocycles. The van der Waals surface area contributed by atoms with Crippen molar-refractivity contribution in [3.63, 3.8) is 0 Å². The average Bonchev–Trinajstić information content (AvgIpc) is 2.49. The van der Waals surface area contributed by atoms with E-state index in [2.05, 4.69) is 10.6 Å². The zero-order chi connectivity index (χ0) is 16.8. The molecular formula is C16H13Cl2FN2O2. The molecule has 0 heterocycles. The van der Waals surface area contributed by atoms with E-state index in [1.165, 1.54) is 12.1 Å². The number of carbonyl (C=O) groups is 2. The summed E-state index contributed by atoms with van der Waals surface area (Å²) in [7, 11) is 0. The minimum absolute atomic E-state index is 0.0144. The van der Waals surface area contributed by atoms with E-state index in [0.29, 0.717) is 16.3 Å². The predicted molar refractivity (Wildman–Crippen MR) is 88.0 cm³/mol. The van der Waals surface area contributed by atoms with Gasteiger partial charge >= 0.3 is 0 Å². The SMILES string of the molecule is O=C(CC(=O)Nc1ccc(Cl)cc1Cl)NCc1ccccc1F. The third-order valence-electron chi connectivity index (χ3n) is 2.96. The van der Waals surface area contributed by atoms with Gasteiger partial charge in [-0.1, -0.05) is 41.4 Å². The Morgan fingerprint density at radius 1 is 1.04 bits per heavy atom. The van der Waals surface area contributed by atoms with Gasteiger partial charge < -0.3 is 10.6 Å². The van der Waals surface area contributed by atoms with Crippen LogP contribution in [0.4, 0.5) is 10.1 Å². The van der Waals surface area contributed by atoms with Crippen molar-refractivity contribution in [2.45, 2.75) is 13.0 Å². The molecule has 0 unspecified atom stereocenters. The molecule has 7 heteroatoms. The Labute approximate surface area is 142 Å². The summed E-state index contributed by atoms with van der Waals surface area (Å²) in [5.74, 6) is -1.46. The van der Waals surface area contributed by atoms with Gasteiger partial charge in [0, 0.05) is 17.1 Å². The van der Waals surface area contributed by atoms with E-state index >= 15 is 0 Å². The lowest BCUT2D eigenvalue weighted by Gasteiger charge is -2.08. The molecule has 2 aromatic rings. The Hall–Kier alpha value is -2.11. The van der Waals surface area contributed by atoms with Gasteiger partial charge in [-0.05, 0) is 24.3 Å². The van der Waals surface area contributed by atoms with Crippen LogP contribution in [0.1, 0.15) is 12.0 Å². The smallest absolute Gasteiger partial charge is 0.233 e. The fraction of sp³-hybridized carbons (Fsp3) is 0.125. The van der Waals surface area contributed by atoms with Gasteiger partial charge in [0.2, 0.25) is 11.8 Å². The monoisotopic (exact) mass is 354 g/mol. The van der Waals surface area contributed by atoms with Crippen LogP contribution in [0.15, 0.2) is 42.5 Å². The van der Waals surface area contributed by atoms with Crippen molar-refractivity contribution in [3.05, 3.63) is 63.9 Å². The van der Waals surface area contributed by atoms with Crippen LogP contribution in [0.5, 0.6) is 0 Å². The van der Waals surface area contributed by atoms with Crippen molar-refractivity contribution < 1.29 is 14.0 Å². The molecule has 0 atom stereocenters. The molecule has 0 aliphatic carbocycles. The Kier molecular flexibility index (Phi) is 5.96. The van der Waals surface area contributed by atoms with Gasteiger partial charge in [-0.3, -0.25) is 9.59 Å². The number of carbonyl (C=O) groups excluding carboxylic acids is 2. The fourth-order valence-corrected chi connectivity index (χ4v) is 2.28. The highest BCUT2D eigenvalue weighted by molar-refractivity contribution is 6.36. The second kappa shape index (κ2) is 7.94. The van der Waals surface area contributed by atoms with Gasteiger partial charge in [-0.2, -0.15) is 0 Å². The average molecular weight is 355 g/mol. The standard InChI is InChI=1S/C16H13Cl2FN2O2/c17-11-5-6-14(12(18)7-11)21-16(23)8-15(22)20-9-10-3-1-2-4-13(10)19/h1-7H,8-9H2,(H,20,22)(H,21,23). The third kappa shape index (κ3) is 5.23. The van der Waals surface area contributed by atoms with Gasteiger partial charge in [0.1, 0.15) is 12.2 Å². The van der Waals surface area contributed by atoms with Crippen molar-refractivity contribution in [3.8, 4) is 0 Å². The second-order valence-electron chi connectivity index (χ2n) is 4.72. The van der Waals surface area contributed by atoms with E-state index in [9.17, 15) is 14.0 Å². The van der Waals surface area contributed by atoms with E-state index in [-0.39, 0.29) is 11.6 Å². The van der Waals surface area contributed by atoms with Crippen molar-refractivity contribution in [2.75, 3.05) is 5.32 Å². The lowest BCUT2D eigenvalue weighted by molar-refractivity contribution is -0.126. The van der Waals surface area contributed by atoms with Gasteiger partial charge in [0.05, 0.1) is 10.7 Å². The summed E-state index contributed by atoms with van der Waals surface area (Å²) in [6.45, 7) is 0.0144. The van der Waals surface area contributed by atoms with Crippen LogP contribution < -0.4 is 10.6 Å². The number of amides is 2. The lowest BCUT2D eigenvalue weighted by Crippen LogP contribution is -2.28. The Morgan fingerprint density at radius 2 is 1.78 bits per heavy atom. The molecule has 2 aromatic carbocycles. The molecular weight excluding hydrogens is 342 g/mol. The van der Waals surface area contributed by atoms with Crippen molar-refractivity contribution in [1.82, 2.24) is 5.32 Å². The molecule has 23 heavy (non-hydrogen) atoms. The summed E-state index contributed by atoms with van der Waals surface area (Å²) in [6, 6.07) is 10.7. The number of rotatable bonds is 5. The maximum Gasteiger partial charge on any atom is 0.233 e. The van der Waals surface area contributed by atoms with Crippen LogP contribution in [0, 0.1) is 5.82 Å². The Morgan fingerprint density at radius 3 is 2.48 bits per heavy atom. The molecule has 4 nitrogen and oxygen atoms in total. The highest BCUT2D eigenvalue weighted by Crippen LogP contribution is 2.25. The quantitative estimate of drug-likeness (QED) is 0.802. The summed E-state index contributed by atoms with van der Waals surface area (Å²) < 4.78 is 13.4. The topological polar surface area (TPSA) is 58.2 Å². The highest BCUT2D eigenvalue weighted by Gasteiger charge is 2.12. The predicted octanol–water partition coefficient (Wildman–Crippen LogP) is 3.78. The van der Waals surface area contributed by atoms with Gasteiger partial charge in [0.15, 0.2) is 0 Å². The van der Waals surface area contributed by atoms with Crippen molar-refractivity contribution in [2.24, 2.45) is 0 Å². The molecule has 0 aromatic heterocycles. The van der Waals surface area contributed by atoms with Gasteiger partial charge in [0.25, 0.3) is 0 Å². The van der Waals surface area contributed by atoms with Gasteiger partial charge in [-0.25, -0.2) is 4.39 Å². The van der Waals surface area contributed by atoms with Crippen LogP contribution in [0.3, 0.4) is 0 Å². The number of halogens is 3. The first kappa shape index (κ1) is 17.2. The summed E-state index contributed by atoms with van der Waals surface area (Å²) in [5.41, 5.74) is 0.713. The van der Waals surface area contributed by atoms with E-state index in [0.717, 1.165) is 0 Å². The molecule has 120 valence electrons. The van der Waals surface area contributed by atoms with Crippen LogP contribution in [0.2, 0.25) is 10.0 Å². The summed E-state index contributed by atoms with van der Waals surface area (Å²) in [4.78, 5) is 23.5. The molecule has 0 aliphatic heterocycles. The molecule has 2 amide bonds. The highest BCUT2D eigenvalue weighted by atomic mass is 35.5. The summed E-state index contributed by atoms with van der Waals surface area (Å²) in [5, 5.41) is 5.72. The largest absolute Gasteiger partial charge is 0.351 e. The van der Waals surface area contributed by atoms with E-state index in [1.54, 1.807) is 30.3 Å². The number of nitrogens with one attached hydrogen (secondary N) is 2. The molecule has 0 bridgehead atoms. The molecule has 0 radical (unpaired) electrons. The van der Waals surface area contributed by atoms with Crippen LogP contribution >= 0.6 is 23.2 Å². The minimum Gasteiger partial charge on any atom is -0.351 e. The maximum atomic E-state index is 13.4. The van der Waals surface area contributed by atoms with E-state index in [4.69, 9.17) is 23.2 Å². The number of hydrogen-bond donors (Lipinski definition) is 2. The summed E-state index contributed by atoms with van der Waals surface area (Å²) in [6.07, 6.45) is -0.395. The summed E-state index contributed by atoms with van der Waals surface area (Å²) >= 11 is 11.7. The minimum atomic E-state index is -0.528. The number of anilines is 1. The second-order valence-corrected chi connectivity index (χ2v) is 5.56. The third-order valence-corrected chi connectivity index (χ3v) is 3.51. The van der Waals surface area contributed by atoms with E-state index in [1.807, 2.05) is 0 Å². The molecule has 0 saturated carbocycles. The molecule has 0 aliphatic rings. The molecule has 0 spiro atoms. The molecule has 2 rings (SSSR count). The zero-order valence-corrected chi connectivity index (χ0v) is 13.4. The fourth-order valence-electron chi connectivity index (χ4n) is 1.83. The van der Waals surface area contributed by atoms with E-state index < -0.39 is 24.1 Å². The normalized spacial score (nSPS) is 10.2. The first-order valence-electron chi connectivity index (χ1n) is 6.70. The Bertz CT molecular complexity index is 738. The van der Waals surface area contributed by atoms with Gasteiger partial charge in [-0.15, -0.1) is 0 Å². The molecule has 2 N–H and O–H groups in total. The van der Waals surface area contributed by atoms with Crippen LogP contribution in [-0.4, -0.2) is 11.8 Å². The number of hydrogen-bond acceptors (Lipinski definition) is 2. The Balaban J connectivity index is 1.85.